The van der Waals surface area contributed by atoms with E-state index < -0.39 is 0 Å². The maximum Gasteiger partial charge on any atom is 0.223 e. The molecule has 0 bridgehead atoms. The first kappa shape index (κ1) is 13.4. The summed E-state index contributed by atoms with van der Waals surface area (Å²) in [7, 11) is 0. The Morgan fingerprint density at radius 2 is 2.26 bits per heavy atom. The topological polar surface area (TPSA) is 89.9 Å². The first-order chi connectivity index (χ1) is 9.08. The fraction of sp³-hybridized carbons (Fsp3) is 0.333. The van der Waals surface area contributed by atoms with Crippen LogP contribution in [-0.2, 0) is 13.0 Å². The molecule has 0 aliphatic heterocycles. The van der Waals surface area contributed by atoms with Crippen LogP contribution in [0.3, 0.4) is 0 Å². The summed E-state index contributed by atoms with van der Waals surface area (Å²) in [5.41, 5.74) is 6.90. The molecule has 0 saturated heterocycles. The van der Waals surface area contributed by atoms with E-state index in [2.05, 4.69) is 20.3 Å². The third-order valence-electron chi connectivity index (χ3n) is 2.45. The first-order valence-corrected chi connectivity index (χ1v) is 6.32. The van der Waals surface area contributed by atoms with Crippen molar-refractivity contribution in [3.63, 3.8) is 0 Å². The molecular formula is C12H15N5OS. The highest BCUT2D eigenvalue weighted by molar-refractivity contribution is 7.80. The first-order valence-electron chi connectivity index (χ1n) is 5.91. The molecule has 0 atom stereocenters. The highest BCUT2D eigenvalue weighted by atomic mass is 32.1. The van der Waals surface area contributed by atoms with Gasteiger partial charge in [0, 0.05) is 12.1 Å². The molecule has 0 radical (unpaired) electrons. The van der Waals surface area contributed by atoms with Gasteiger partial charge < -0.3 is 15.5 Å². The van der Waals surface area contributed by atoms with Crippen molar-refractivity contribution >= 4 is 23.2 Å². The Morgan fingerprint density at radius 1 is 1.47 bits per heavy atom. The minimum absolute atomic E-state index is 0.248. The number of hydrogen-bond acceptors (Lipinski definition) is 6. The summed E-state index contributed by atoms with van der Waals surface area (Å²) in [6, 6.07) is 1.74. The van der Waals surface area contributed by atoms with Gasteiger partial charge in [0.15, 0.2) is 0 Å². The second kappa shape index (κ2) is 5.75. The van der Waals surface area contributed by atoms with E-state index in [1.165, 1.54) is 0 Å². The third-order valence-corrected chi connectivity index (χ3v) is 2.66. The molecule has 6 nitrogen and oxygen atoms in total. The van der Waals surface area contributed by atoms with Gasteiger partial charge in [-0.25, -0.2) is 15.0 Å². The summed E-state index contributed by atoms with van der Waals surface area (Å²) in [4.78, 5) is 12.9. The van der Waals surface area contributed by atoms with Crippen LogP contribution in [0.25, 0.3) is 0 Å². The summed E-state index contributed by atoms with van der Waals surface area (Å²) in [5.74, 6) is 1.91. The molecule has 0 saturated carbocycles. The molecule has 0 spiro atoms. The lowest BCUT2D eigenvalue weighted by atomic mass is 10.3. The summed E-state index contributed by atoms with van der Waals surface area (Å²) in [5, 5.41) is 3.04. The molecule has 2 aromatic heterocycles. The predicted octanol–water partition coefficient (Wildman–Crippen LogP) is 1.58. The van der Waals surface area contributed by atoms with E-state index in [0.717, 1.165) is 17.9 Å². The SMILES string of the molecule is CCc1cnc(CNc2nc(C)cc(C(N)=S)n2)o1. The summed E-state index contributed by atoms with van der Waals surface area (Å²) in [6.45, 7) is 4.28. The number of hydrogen-bond donors (Lipinski definition) is 2. The highest BCUT2D eigenvalue weighted by Crippen LogP contribution is 2.08. The molecule has 0 fully saturated rings. The molecule has 19 heavy (non-hydrogen) atoms. The molecule has 2 rings (SSSR count). The predicted molar refractivity (Wildman–Crippen MR) is 75.9 cm³/mol. The fourth-order valence-corrected chi connectivity index (χ4v) is 1.63. The second-order valence-corrected chi connectivity index (χ2v) is 4.45. The molecule has 0 amide bonds. The summed E-state index contributed by atoms with van der Waals surface area (Å²) >= 11 is 4.91. The largest absolute Gasteiger partial charge is 0.444 e. The summed E-state index contributed by atoms with van der Waals surface area (Å²) < 4.78 is 5.48. The van der Waals surface area contributed by atoms with Crippen LogP contribution in [-0.4, -0.2) is 19.9 Å². The number of thiocarbonyl (C=S) groups is 1. The number of anilines is 1. The zero-order valence-electron chi connectivity index (χ0n) is 10.8. The van der Waals surface area contributed by atoms with Crippen molar-refractivity contribution in [3.8, 4) is 0 Å². The van der Waals surface area contributed by atoms with Crippen LogP contribution in [0.2, 0.25) is 0 Å². The van der Waals surface area contributed by atoms with Gasteiger partial charge in [-0.2, -0.15) is 0 Å². The maximum atomic E-state index is 5.56. The van der Waals surface area contributed by atoms with E-state index >= 15 is 0 Å². The molecule has 2 aromatic rings. The quantitative estimate of drug-likeness (QED) is 0.802. The van der Waals surface area contributed by atoms with Crippen LogP contribution in [0.15, 0.2) is 16.7 Å². The molecule has 0 aliphatic rings. The number of rotatable bonds is 5. The lowest BCUT2D eigenvalue weighted by Gasteiger charge is -2.05. The van der Waals surface area contributed by atoms with E-state index in [-0.39, 0.29) is 4.99 Å². The van der Waals surface area contributed by atoms with Gasteiger partial charge in [-0.15, -0.1) is 0 Å². The molecule has 7 heteroatoms. The van der Waals surface area contributed by atoms with E-state index in [4.69, 9.17) is 22.4 Å². The third kappa shape index (κ3) is 3.47. The normalized spacial score (nSPS) is 10.4. The second-order valence-electron chi connectivity index (χ2n) is 4.01. The monoisotopic (exact) mass is 277 g/mol. The average Bonchev–Trinajstić information content (AvgIpc) is 2.83. The van der Waals surface area contributed by atoms with E-state index in [1.807, 2.05) is 13.8 Å². The van der Waals surface area contributed by atoms with Crippen LogP contribution in [0.5, 0.6) is 0 Å². The van der Waals surface area contributed by atoms with Crippen molar-refractivity contribution in [1.82, 2.24) is 15.0 Å². The van der Waals surface area contributed by atoms with Gasteiger partial charge in [-0.05, 0) is 13.0 Å². The number of aromatic nitrogens is 3. The van der Waals surface area contributed by atoms with Crippen molar-refractivity contribution < 1.29 is 4.42 Å². The zero-order chi connectivity index (χ0) is 13.8. The zero-order valence-corrected chi connectivity index (χ0v) is 11.6. The molecule has 3 N–H and O–H groups in total. The minimum atomic E-state index is 0.248. The van der Waals surface area contributed by atoms with E-state index in [9.17, 15) is 0 Å². The average molecular weight is 277 g/mol. The van der Waals surface area contributed by atoms with Crippen molar-refractivity contribution in [3.05, 3.63) is 35.3 Å². The number of nitrogens with one attached hydrogen (secondary N) is 1. The minimum Gasteiger partial charge on any atom is -0.444 e. The molecule has 0 aliphatic carbocycles. The Bertz CT molecular complexity index is 596. The van der Waals surface area contributed by atoms with Gasteiger partial charge in [0.25, 0.3) is 0 Å². The Morgan fingerprint density at radius 3 is 2.89 bits per heavy atom. The molecule has 100 valence electrons. The van der Waals surface area contributed by atoms with Gasteiger partial charge in [0.2, 0.25) is 11.8 Å². The molecule has 0 aromatic carbocycles. The van der Waals surface area contributed by atoms with Gasteiger partial charge in [-0.3, -0.25) is 0 Å². The Hall–Kier alpha value is -2.02. The van der Waals surface area contributed by atoms with Gasteiger partial charge in [0.1, 0.15) is 16.4 Å². The number of nitrogens with zero attached hydrogens (tertiary/aromatic N) is 3. The van der Waals surface area contributed by atoms with Gasteiger partial charge >= 0.3 is 0 Å². The van der Waals surface area contributed by atoms with Crippen molar-refractivity contribution in [2.24, 2.45) is 5.73 Å². The van der Waals surface area contributed by atoms with E-state index in [0.29, 0.717) is 24.1 Å². The van der Waals surface area contributed by atoms with Crippen molar-refractivity contribution in [2.45, 2.75) is 26.8 Å². The molecular weight excluding hydrogens is 262 g/mol. The molecule has 2 heterocycles. The highest BCUT2D eigenvalue weighted by Gasteiger charge is 2.06. The lowest BCUT2D eigenvalue weighted by Crippen LogP contribution is -2.14. The van der Waals surface area contributed by atoms with Crippen LogP contribution < -0.4 is 11.1 Å². The van der Waals surface area contributed by atoms with Crippen LogP contribution in [0.4, 0.5) is 5.95 Å². The number of nitrogens with two attached hydrogens (primary N) is 1. The van der Waals surface area contributed by atoms with Crippen LogP contribution >= 0.6 is 12.2 Å². The van der Waals surface area contributed by atoms with E-state index in [1.54, 1.807) is 12.3 Å². The van der Waals surface area contributed by atoms with Crippen molar-refractivity contribution in [1.29, 1.82) is 0 Å². The Labute approximate surface area is 116 Å². The number of oxazole rings is 1. The number of aryl methyl sites for hydroxylation is 2. The Balaban J connectivity index is 2.08. The van der Waals surface area contributed by atoms with Gasteiger partial charge in [-0.1, -0.05) is 19.1 Å². The Kier molecular flexibility index (Phi) is 4.06. The smallest absolute Gasteiger partial charge is 0.223 e. The van der Waals surface area contributed by atoms with Crippen LogP contribution in [0, 0.1) is 6.92 Å². The summed E-state index contributed by atoms with van der Waals surface area (Å²) in [6.07, 6.45) is 2.54. The maximum absolute atomic E-state index is 5.56. The van der Waals surface area contributed by atoms with Crippen LogP contribution in [0.1, 0.15) is 30.0 Å². The standard InChI is InChI=1S/C12H15N5OS/c1-3-8-5-14-10(18-8)6-15-12-16-7(2)4-9(17-12)11(13)19/h4-5H,3,6H2,1-2H3,(H2,13,19)(H,15,16,17). The lowest BCUT2D eigenvalue weighted by molar-refractivity contribution is 0.465. The van der Waals surface area contributed by atoms with Crippen molar-refractivity contribution in [2.75, 3.05) is 5.32 Å². The fourth-order valence-electron chi connectivity index (χ4n) is 1.52. The molecule has 0 unspecified atom stereocenters. The van der Waals surface area contributed by atoms with Gasteiger partial charge in [0.05, 0.1) is 12.7 Å².